The molecule has 2 aromatic rings. The van der Waals surface area contributed by atoms with Gasteiger partial charge in [0, 0.05) is 5.92 Å². The van der Waals surface area contributed by atoms with E-state index >= 15 is 0 Å². The zero-order chi connectivity index (χ0) is 12.5. The van der Waals surface area contributed by atoms with E-state index in [1.165, 1.54) is 22.3 Å². The van der Waals surface area contributed by atoms with Crippen LogP contribution in [0, 0.1) is 0 Å². The lowest BCUT2D eigenvalue weighted by Crippen LogP contribution is -2.05. The second-order valence-electron chi connectivity index (χ2n) is 4.38. The van der Waals surface area contributed by atoms with Gasteiger partial charge in [-0.05, 0) is 22.3 Å². The molecule has 0 bridgehead atoms. The second-order valence-corrected chi connectivity index (χ2v) is 4.53. The highest BCUT2D eigenvalue weighted by molar-refractivity contribution is 6.13. The molecule has 0 heterocycles. The molecular formula is C15H11ClO2. The summed E-state index contributed by atoms with van der Waals surface area (Å²) in [4.78, 5) is 11.4. The Hall–Kier alpha value is -1.80. The molecule has 3 rings (SSSR count). The Kier molecular flexibility index (Phi) is 2.80. The molecule has 3 heteroatoms. The van der Waals surface area contributed by atoms with Crippen molar-refractivity contribution in [1.82, 2.24) is 0 Å². The molecule has 0 saturated carbocycles. The van der Waals surface area contributed by atoms with E-state index in [-0.39, 0.29) is 12.3 Å². The predicted octanol–water partition coefficient (Wildman–Crippen LogP) is 3.89. The first-order valence-corrected chi connectivity index (χ1v) is 6.12. The van der Waals surface area contributed by atoms with E-state index < -0.39 is 5.97 Å². The molecule has 2 nitrogen and oxygen atoms in total. The third-order valence-electron chi connectivity index (χ3n) is 3.42. The number of fused-ring (bicyclic) bond motifs is 3. The van der Waals surface area contributed by atoms with Gasteiger partial charge in [0.05, 0.1) is 6.42 Å². The third-order valence-corrected chi connectivity index (χ3v) is 3.59. The van der Waals surface area contributed by atoms with E-state index in [0.29, 0.717) is 0 Å². The normalized spacial score (nSPS) is 12.9. The van der Waals surface area contributed by atoms with E-state index in [0.717, 1.165) is 0 Å². The molecule has 18 heavy (non-hydrogen) atoms. The Morgan fingerprint density at radius 1 is 1.00 bits per heavy atom. The molecule has 0 N–H and O–H groups in total. The van der Waals surface area contributed by atoms with Crippen molar-refractivity contribution >= 4 is 17.8 Å². The number of hydrogen-bond donors (Lipinski definition) is 0. The van der Waals surface area contributed by atoms with Crippen molar-refractivity contribution in [2.24, 2.45) is 0 Å². The molecule has 0 saturated heterocycles. The Morgan fingerprint density at radius 2 is 1.50 bits per heavy atom. The van der Waals surface area contributed by atoms with Crippen LogP contribution in [0.25, 0.3) is 11.1 Å². The molecule has 0 unspecified atom stereocenters. The lowest BCUT2D eigenvalue weighted by Gasteiger charge is -2.10. The minimum atomic E-state index is -0.395. The predicted molar refractivity (Wildman–Crippen MR) is 70.3 cm³/mol. The molecule has 0 radical (unpaired) electrons. The van der Waals surface area contributed by atoms with Gasteiger partial charge in [0.2, 0.25) is 0 Å². The van der Waals surface area contributed by atoms with Crippen LogP contribution >= 0.6 is 11.9 Å². The summed E-state index contributed by atoms with van der Waals surface area (Å²) in [5, 5.41) is 0. The minimum absolute atomic E-state index is 0.0450. The van der Waals surface area contributed by atoms with Crippen molar-refractivity contribution in [3.63, 3.8) is 0 Å². The number of carbonyl (C=O) groups is 1. The zero-order valence-electron chi connectivity index (χ0n) is 9.60. The van der Waals surface area contributed by atoms with Crippen LogP contribution < -0.4 is 0 Å². The summed E-state index contributed by atoms with van der Waals surface area (Å²) in [6, 6.07) is 16.3. The summed E-state index contributed by atoms with van der Waals surface area (Å²) < 4.78 is 4.28. The van der Waals surface area contributed by atoms with Gasteiger partial charge in [-0.3, -0.25) is 4.79 Å². The second kappa shape index (κ2) is 4.46. The molecule has 0 fully saturated rings. The maximum Gasteiger partial charge on any atom is 0.325 e. The van der Waals surface area contributed by atoms with Crippen LogP contribution in [0.5, 0.6) is 0 Å². The van der Waals surface area contributed by atoms with Crippen molar-refractivity contribution in [3.05, 3.63) is 59.7 Å². The highest BCUT2D eigenvalue weighted by Crippen LogP contribution is 2.46. The fourth-order valence-corrected chi connectivity index (χ4v) is 2.74. The van der Waals surface area contributed by atoms with Crippen molar-refractivity contribution in [2.75, 3.05) is 0 Å². The average Bonchev–Trinajstić information content (AvgIpc) is 2.74. The van der Waals surface area contributed by atoms with E-state index in [4.69, 9.17) is 11.9 Å². The summed E-state index contributed by atoms with van der Waals surface area (Å²) in [5.74, 6) is -0.350. The highest BCUT2D eigenvalue weighted by Gasteiger charge is 2.29. The summed E-state index contributed by atoms with van der Waals surface area (Å²) in [6.07, 6.45) is 0.275. The van der Waals surface area contributed by atoms with Gasteiger partial charge < -0.3 is 4.29 Å². The molecule has 2 aromatic carbocycles. The van der Waals surface area contributed by atoms with Gasteiger partial charge in [0.25, 0.3) is 0 Å². The number of rotatable bonds is 2. The first-order valence-electron chi connectivity index (χ1n) is 5.81. The van der Waals surface area contributed by atoms with Gasteiger partial charge in [0.15, 0.2) is 0 Å². The summed E-state index contributed by atoms with van der Waals surface area (Å²) in [5.41, 5.74) is 4.72. The smallest absolute Gasteiger partial charge is 0.325 e. The molecule has 0 aromatic heterocycles. The number of benzene rings is 2. The molecule has 1 aliphatic rings. The van der Waals surface area contributed by atoms with Gasteiger partial charge in [-0.15, -0.1) is 0 Å². The minimum Gasteiger partial charge on any atom is -0.348 e. The SMILES string of the molecule is O=C(CC1c2ccccc2-c2ccccc21)OCl. The summed E-state index contributed by atoms with van der Waals surface area (Å²) in [7, 11) is 0. The molecule has 0 spiro atoms. The van der Waals surface area contributed by atoms with Gasteiger partial charge in [0.1, 0.15) is 11.9 Å². The van der Waals surface area contributed by atoms with Gasteiger partial charge in [-0.25, -0.2) is 0 Å². The monoisotopic (exact) mass is 258 g/mol. The van der Waals surface area contributed by atoms with E-state index in [1.54, 1.807) is 0 Å². The molecule has 90 valence electrons. The van der Waals surface area contributed by atoms with Crippen LogP contribution in [0.4, 0.5) is 0 Å². The molecule has 0 amide bonds. The highest BCUT2D eigenvalue weighted by atomic mass is 35.5. The summed E-state index contributed by atoms with van der Waals surface area (Å²) >= 11 is 5.14. The maximum absolute atomic E-state index is 11.4. The quantitative estimate of drug-likeness (QED) is 0.817. The maximum atomic E-state index is 11.4. The van der Waals surface area contributed by atoms with E-state index in [2.05, 4.69) is 28.6 Å². The van der Waals surface area contributed by atoms with Crippen molar-refractivity contribution in [1.29, 1.82) is 0 Å². The average molecular weight is 259 g/mol. The van der Waals surface area contributed by atoms with Crippen LogP contribution in [0.3, 0.4) is 0 Å². The lowest BCUT2D eigenvalue weighted by molar-refractivity contribution is -0.134. The number of hydrogen-bond acceptors (Lipinski definition) is 2. The molecule has 1 aliphatic carbocycles. The van der Waals surface area contributed by atoms with Crippen molar-refractivity contribution in [2.45, 2.75) is 12.3 Å². The van der Waals surface area contributed by atoms with E-state index in [9.17, 15) is 4.79 Å². The van der Waals surface area contributed by atoms with Gasteiger partial charge in [-0.1, -0.05) is 48.5 Å². The van der Waals surface area contributed by atoms with Crippen LogP contribution in [0.15, 0.2) is 48.5 Å². The molecule has 0 atom stereocenters. The van der Waals surface area contributed by atoms with Crippen LogP contribution in [0.1, 0.15) is 23.5 Å². The standard InChI is InChI=1S/C15H11ClO2/c16-18-15(17)9-14-12-7-3-1-5-10(12)11-6-2-4-8-13(11)14/h1-8,14H,9H2. The number of halogens is 1. The Bertz CT molecular complexity index is 561. The third kappa shape index (κ3) is 1.70. The molecular weight excluding hydrogens is 248 g/mol. The number of carbonyl (C=O) groups excluding carboxylic acids is 1. The zero-order valence-corrected chi connectivity index (χ0v) is 10.4. The van der Waals surface area contributed by atoms with Gasteiger partial charge in [-0.2, -0.15) is 0 Å². The Morgan fingerprint density at radius 3 is 2.00 bits per heavy atom. The van der Waals surface area contributed by atoms with Crippen LogP contribution in [-0.2, 0) is 9.08 Å². The topological polar surface area (TPSA) is 26.3 Å². The lowest BCUT2D eigenvalue weighted by atomic mass is 9.94. The Labute approximate surface area is 110 Å². The fraction of sp³-hybridized carbons (Fsp3) is 0.133. The summed E-state index contributed by atoms with van der Waals surface area (Å²) in [6.45, 7) is 0. The van der Waals surface area contributed by atoms with Crippen molar-refractivity contribution in [3.8, 4) is 11.1 Å². The van der Waals surface area contributed by atoms with Gasteiger partial charge >= 0.3 is 5.97 Å². The fourth-order valence-electron chi connectivity index (χ4n) is 2.68. The Balaban J connectivity index is 2.12. The first kappa shape index (κ1) is 11.3. The van der Waals surface area contributed by atoms with Crippen molar-refractivity contribution < 1.29 is 9.08 Å². The van der Waals surface area contributed by atoms with E-state index in [1.807, 2.05) is 24.3 Å². The first-order chi connectivity index (χ1) is 8.81. The largest absolute Gasteiger partial charge is 0.348 e. The van der Waals surface area contributed by atoms with Crippen LogP contribution in [-0.4, -0.2) is 5.97 Å². The van der Waals surface area contributed by atoms with Crippen LogP contribution in [0.2, 0.25) is 0 Å². The molecule has 0 aliphatic heterocycles.